The Morgan fingerprint density at radius 1 is 0.659 bits per heavy atom. The first-order valence-corrected chi connectivity index (χ1v) is 13.6. The smallest absolute Gasteiger partial charge is 0.302 e. The molecule has 0 radical (unpaired) electrons. The van der Waals surface area contributed by atoms with Crippen LogP contribution in [0.1, 0.15) is 0 Å². The third-order valence-corrected chi connectivity index (χ3v) is 8.06. The van der Waals surface area contributed by atoms with E-state index in [0.29, 0.717) is 28.1 Å². The van der Waals surface area contributed by atoms with Crippen LogP contribution in [0.3, 0.4) is 0 Å². The maximum Gasteiger partial charge on any atom is 0.302 e. The standard InChI is InChI=1S/C23H15N15OS2/c24-21-30-12(10-3-1-5-40-10)14-18(33-21)36(7-27-14)35-9-29-17-16(35)20(39)38(23(26)32-17)37-8-28-15-13(11-4-2-6-41-11)31-22(25)34-19(15)37/h1-9H,(H2,26,32)(H2,24,30,33)(H2,25,31,34). The number of rotatable bonds is 4. The minimum atomic E-state index is -0.554. The molecule has 8 rings (SSSR count). The molecule has 0 bridgehead atoms. The van der Waals surface area contributed by atoms with Crippen LogP contribution in [0.2, 0.25) is 0 Å². The van der Waals surface area contributed by atoms with E-state index in [-0.39, 0.29) is 34.7 Å². The molecule has 0 aliphatic rings. The number of nitrogen functional groups attached to an aromatic ring is 3. The molecule has 0 unspecified atom stereocenters. The van der Waals surface area contributed by atoms with Gasteiger partial charge in [0.1, 0.15) is 41.4 Å². The zero-order valence-corrected chi connectivity index (χ0v) is 22.2. The summed E-state index contributed by atoms with van der Waals surface area (Å²) < 4.78 is 5.54. The number of nitrogens with two attached hydrogens (primary N) is 3. The molecule has 16 nitrogen and oxygen atoms in total. The minimum Gasteiger partial charge on any atom is -0.368 e. The number of hydrogen-bond donors (Lipinski definition) is 3. The summed E-state index contributed by atoms with van der Waals surface area (Å²) in [5.74, 6) is -0.0726. The van der Waals surface area contributed by atoms with Crippen LogP contribution >= 0.6 is 22.7 Å². The second kappa shape index (κ2) is 8.37. The van der Waals surface area contributed by atoms with Crippen molar-refractivity contribution in [1.29, 1.82) is 0 Å². The fourth-order valence-electron chi connectivity index (χ4n) is 4.62. The van der Waals surface area contributed by atoms with Crippen molar-refractivity contribution in [2.75, 3.05) is 17.2 Å². The minimum absolute atomic E-state index is 0.0112. The van der Waals surface area contributed by atoms with Crippen LogP contribution < -0.4 is 22.8 Å². The Morgan fingerprint density at radius 3 is 1.80 bits per heavy atom. The predicted molar refractivity (Wildman–Crippen MR) is 154 cm³/mol. The summed E-state index contributed by atoms with van der Waals surface area (Å²) >= 11 is 2.97. The van der Waals surface area contributed by atoms with Gasteiger partial charge in [0.25, 0.3) is 0 Å². The van der Waals surface area contributed by atoms with E-state index in [1.807, 2.05) is 35.0 Å². The molecule has 0 aliphatic heterocycles. The Labute approximate surface area is 235 Å². The van der Waals surface area contributed by atoms with Crippen LogP contribution in [0.25, 0.3) is 54.6 Å². The average Bonchev–Trinajstić information content (AvgIpc) is 3.78. The van der Waals surface area contributed by atoms with E-state index in [1.54, 1.807) is 4.68 Å². The van der Waals surface area contributed by atoms with Crippen molar-refractivity contribution in [2.24, 2.45) is 0 Å². The van der Waals surface area contributed by atoms with Gasteiger partial charge in [0.2, 0.25) is 17.8 Å². The number of nitrogens with zero attached hydrogens (tertiary/aromatic N) is 12. The van der Waals surface area contributed by atoms with Gasteiger partial charge in [-0.1, -0.05) is 12.1 Å². The lowest BCUT2D eigenvalue weighted by molar-refractivity contribution is 0.636. The molecular formula is C23H15N15OS2. The molecular weight excluding hydrogens is 566 g/mol. The topological polar surface area (TPSA) is 218 Å². The van der Waals surface area contributed by atoms with Crippen molar-refractivity contribution in [3.63, 3.8) is 0 Å². The van der Waals surface area contributed by atoms with E-state index in [0.717, 1.165) is 14.4 Å². The number of fused-ring (bicyclic) bond motifs is 3. The maximum absolute atomic E-state index is 14.1. The summed E-state index contributed by atoms with van der Waals surface area (Å²) in [5.41, 5.74) is 20.8. The third-order valence-electron chi connectivity index (χ3n) is 6.31. The Kier molecular flexibility index (Phi) is 4.73. The fourth-order valence-corrected chi connectivity index (χ4v) is 6.05. The molecule has 0 atom stereocenters. The molecule has 0 spiro atoms. The Hall–Kier alpha value is -5.75. The van der Waals surface area contributed by atoms with Crippen LogP contribution in [0.5, 0.6) is 0 Å². The van der Waals surface area contributed by atoms with E-state index in [1.165, 1.54) is 51.0 Å². The maximum atomic E-state index is 14.1. The highest BCUT2D eigenvalue weighted by Gasteiger charge is 2.23. The lowest BCUT2D eigenvalue weighted by atomic mass is 10.3. The first kappa shape index (κ1) is 23.2. The molecule has 200 valence electrons. The van der Waals surface area contributed by atoms with Crippen molar-refractivity contribution in [1.82, 2.24) is 58.6 Å². The summed E-state index contributed by atoms with van der Waals surface area (Å²) in [5, 5.41) is 3.85. The molecule has 18 heteroatoms. The van der Waals surface area contributed by atoms with Gasteiger partial charge in [0.05, 0.1) is 9.75 Å². The van der Waals surface area contributed by atoms with Gasteiger partial charge in [-0.15, -0.1) is 22.7 Å². The van der Waals surface area contributed by atoms with Crippen LogP contribution in [-0.2, 0) is 0 Å². The highest BCUT2D eigenvalue weighted by Crippen LogP contribution is 2.31. The molecule has 41 heavy (non-hydrogen) atoms. The molecule has 0 aliphatic carbocycles. The van der Waals surface area contributed by atoms with Crippen LogP contribution in [0.4, 0.5) is 17.8 Å². The van der Waals surface area contributed by atoms with Gasteiger partial charge in [0.15, 0.2) is 22.5 Å². The number of imidazole rings is 3. The van der Waals surface area contributed by atoms with Gasteiger partial charge in [-0.05, 0) is 22.9 Å². The van der Waals surface area contributed by atoms with E-state index < -0.39 is 5.56 Å². The normalized spacial score (nSPS) is 11.8. The average molecular weight is 582 g/mol. The van der Waals surface area contributed by atoms with Gasteiger partial charge in [-0.2, -0.15) is 19.6 Å². The number of anilines is 3. The van der Waals surface area contributed by atoms with E-state index in [9.17, 15) is 4.79 Å². The Balaban J connectivity index is 1.37. The molecule has 0 saturated heterocycles. The first-order valence-electron chi connectivity index (χ1n) is 11.8. The van der Waals surface area contributed by atoms with Crippen molar-refractivity contribution >= 4 is 74.0 Å². The molecule has 8 aromatic rings. The SMILES string of the molecule is Nc1nc(-c2cccs2)c2ncn(-n3c(N)nc4ncn(-n5cnc6c(-c7cccs7)nc(N)nc65)c4c3=O)c2n1. The molecule has 0 saturated carbocycles. The zero-order chi connectivity index (χ0) is 27.8. The van der Waals surface area contributed by atoms with Crippen molar-refractivity contribution in [2.45, 2.75) is 0 Å². The quantitative estimate of drug-likeness (QED) is 0.270. The zero-order valence-electron chi connectivity index (χ0n) is 20.5. The monoisotopic (exact) mass is 581 g/mol. The summed E-state index contributed by atoms with van der Waals surface area (Å²) in [7, 11) is 0. The lowest BCUT2D eigenvalue weighted by Gasteiger charge is -2.12. The molecule has 6 N–H and O–H groups in total. The number of hydrogen-bond acceptors (Lipinski definition) is 14. The van der Waals surface area contributed by atoms with Gasteiger partial charge in [-0.25, -0.2) is 38.9 Å². The summed E-state index contributed by atoms with van der Waals surface area (Å²) in [6.07, 6.45) is 4.34. The number of aromatic nitrogens is 12. The lowest BCUT2D eigenvalue weighted by Crippen LogP contribution is -2.31. The van der Waals surface area contributed by atoms with Gasteiger partial charge in [-0.3, -0.25) is 4.79 Å². The summed E-state index contributed by atoms with van der Waals surface area (Å²) in [6.45, 7) is 0. The van der Waals surface area contributed by atoms with Gasteiger partial charge < -0.3 is 17.2 Å². The van der Waals surface area contributed by atoms with Crippen molar-refractivity contribution in [3.8, 4) is 21.1 Å². The Bertz CT molecular complexity index is 2330. The molecule has 8 aromatic heterocycles. The first-order chi connectivity index (χ1) is 20.0. The molecule has 0 aromatic carbocycles. The van der Waals surface area contributed by atoms with Crippen LogP contribution in [0, 0.1) is 0 Å². The molecule has 8 heterocycles. The highest BCUT2D eigenvalue weighted by molar-refractivity contribution is 7.13. The Morgan fingerprint density at radius 2 is 1.22 bits per heavy atom. The van der Waals surface area contributed by atoms with Gasteiger partial charge in [0, 0.05) is 0 Å². The summed E-state index contributed by atoms with van der Waals surface area (Å²) in [6, 6.07) is 7.61. The van der Waals surface area contributed by atoms with Crippen LogP contribution in [-0.4, -0.2) is 58.6 Å². The van der Waals surface area contributed by atoms with Crippen molar-refractivity contribution in [3.05, 3.63) is 64.4 Å². The fraction of sp³-hybridized carbons (Fsp3) is 0. The number of thiophene rings is 2. The van der Waals surface area contributed by atoms with Crippen LogP contribution in [0.15, 0.2) is 58.8 Å². The third kappa shape index (κ3) is 3.34. The second-order valence-electron chi connectivity index (χ2n) is 8.69. The van der Waals surface area contributed by atoms with Crippen molar-refractivity contribution < 1.29 is 0 Å². The largest absolute Gasteiger partial charge is 0.368 e. The van der Waals surface area contributed by atoms with E-state index >= 15 is 0 Å². The molecule has 0 fully saturated rings. The predicted octanol–water partition coefficient (Wildman–Crippen LogP) is 1.70. The second-order valence-corrected chi connectivity index (χ2v) is 10.6. The van der Waals surface area contributed by atoms with E-state index in [4.69, 9.17) is 17.2 Å². The summed E-state index contributed by atoms with van der Waals surface area (Å²) in [4.78, 5) is 51.0. The van der Waals surface area contributed by atoms with E-state index in [2.05, 4.69) is 39.9 Å². The molecule has 0 amide bonds. The van der Waals surface area contributed by atoms with Gasteiger partial charge >= 0.3 is 5.56 Å². The highest BCUT2D eigenvalue weighted by atomic mass is 32.1.